The van der Waals surface area contributed by atoms with Gasteiger partial charge in [0, 0.05) is 64.3 Å². The Bertz CT molecular complexity index is 3080. The van der Waals surface area contributed by atoms with Gasteiger partial charge in [-0.3, -0.25) is 9.97 Å². The molecule has 0 saturated carbocycles. The lowest BCUT2D eigenvalue weighted by Crippen LogP contribution is -2.24. The minimum atomic E-state index is -0.349. The Kier molecular flexibility index (Phi) is 13.8. The minimum Gasteiger partial charge on any atom is -0.362 e. The number of nitrogens with zero attached hydrogens (tertiary/aromatic N) is 11. The van der Waals surface area contributed by atoms with Crippen molar-refractivity contribution in [1.82, 2.24) is 70.0 Å². The summed E-state index contributed by atoms with van der Waals surface area (Å²) < 4.78 is 27.7. The first-order chi connectivity index (χ1) is 31.9. The van der Waals surface area contributed by atoms with Crippen LogP contribution in [0.1, 0.15) is 33.1 Å². The van der Waals surface area contributed by atoms with Gasteiger partial charge in [0.05, 0.1) is 56.6 Å². The summed E-state index contributed by atoms with van der Waals surface area (Å²) in [6.45, 7) is 3.86. The Labute approximate surface area is 379 Å². The monoisotopic (exact) mass is 910 g/mol. The third-order valence-corrected chi connectivity index (χ3v) is 12.4. The number of H-pyrrole nitrogens is 2. The molecule has 16 nitrogen and oxygen atoms in total. The van der Waals surface area contributed by atoms with E-state index in [1.807, 2.05) is 48.5 Å². The Morgan fingerprint density at radius 3 is 1.62 bits per heavy atom. The van der Waals surface area contributed by atoms with Crippen LogP contribution < -0.4 is 16.0 Å². The van der Waals surface area contributed by atoms with Crippen LogP contribution in [0.2, 0.25) is 0 Å². The van der Waals surface area contributed by atoms with Crippen molar-refractivity contribution in [2.24, 2.45) is 0 Å². The first-order valence-electron chi connectivity index (χ1n) is 21.1. The molecule has 0 aliphatic heterocycles. The van der Waals surface area contributed by atoms with E-state index >= 15 is 0 Å². The van der Waals surface area contributed by atoms with Crippen molar-refractivity contribution in [2.75, 3.05) is 43.9 Å². The molecule has 10 aromatic rings. The van der Waals surface area contributed by atoms with Gasteiger partial charge < -0.3 is 30.8 Å². The van der Waals surface area contributed by atoms with Crippen molar-refractivity contribution in [3.63, 3.8) is 0 Å². The molecule has 0 amide bonds. The number of imidazole rings is 2. The van der Waals surface area contributed by atoms with Gasteiger partial charge in [0.2, 0.25) is 0 Å². The minimum absolute atomic E-state index is 0.231. The van der Waals surface area contributed by atoms with Crippen molar-refractivity contribution >= 4 is 77.1 Å². The summed E-state index contributed by atoms with van der Waals surface area (Å²) in [5, 5.41) is 11.7. The average molecular weight is 911 g/mol. The Morgan fingerprint density at radius 2 is 1.06 bits per heavy atom. The molecule has 8 heterocycles. The van der Waals surface area contributed by atoms with E-state index in [9.17, 15) is 8.78 Å². The van der Waals surface area contributed by atoms with Gasteiger partial charge in [-0.05, 0) is 55.6 Å². The van der Waals surface area contributed by atoms with Crippen molar-refractivity contribution in [3.05, 3.63) is 143 Å². The molecular formula is C45H44F2N16S2. The van der Waals surface area contributed by atoms with Gasteiger partial charge in [0.25, 0.3) is 0 Å². The normalized spacial score (nSPS) is 11.5. The Balaban J connectivity index is 0.000000164. The van der Waals surface area contributed by atoms with E-state index in [2.05, 4.69) is 77.7 Å². The summed E-state index contributed by atoms with van der Waals surface area (Å²) in [4.78, 5) is 54.6. The van der Waals surface area contributed by atoms with E-state index in [0.29, 0.717) is 34.1 Å². The number of pyridine rings is 2. The summed E-state index contributed by atoms with van der Waals surface area (Å²) in [6, 6.07) is 22.0. The maximum Gasteiger partial charge on any atom is 0.157 e. The van der Waals surface area contributed by atoms with Gasteiger partial charge in [-0.2, -0.15) is 0 Å². The highest BCUT2D eigenvalue weighted by atomic mass is 32.1. The molecular weight excluding hydrogens is 867 g/mol. The number of rotatable bonds is 18. The molecule has 330 valence electrons. The molecule has 0 saturated heterocycles. The lowest BCUT2D eigenvalue weighted by atomic mass is 10.3. The fourth-order valence-corrected chi connectivity index (χ4v) is 8.76. The second-order valence-electron chi connectivity index (χ2n) is 15.0. The molecule has 0 fully saturated rings. The van der Waals surface area contributed by atoms with Crippen LogP contribution in [0.15, 0.2) is 97.8 Å². The molecule has 0 aliphatic rings. The molecule has 8 aromatic heterocycles. The van der Waals surface area contributed by atoms with Crippen LogP contribution in [0.4, 0.5) is 20.4 Å². The van der Waals surface area contributed by atoms with Crippen molar-refractivity contribution in [1.29, 1.82) is 0 Å². The van der Waals surface area contributed by atoms with Crippen LogP contribution in [0.3, 0.4) is 0 Å². The predicted octanol–water partition coefficient (Wildman–Crippen LogP) is 7.31. The Hall–Kier alpha value is -7.00. The second kappa shape index (κ2) is 20.7. The third-order valence-electron chi connectivity index (χ3n) is 10.4. The molecule has 65 heavy (non-hydrogen) atoms. The molecule has 20 heteroatoms. The zero-order chi connectivity index (χ0) is 44.4. The third kappa shape index (κ3) is 11.0. The van der Waals surface area contributed by atoms with Gasteiger partial charge in [-0.25, -0.2) is 48.7 Å². The maximum absolute atomic E-state index is 13.9. The summed E-state index contributed by atoms with van der Waals surface area (Å²) in [7, 11) is 2.10. The number of fused-ring (bicyclic) bond motifs is 4. The molecule has 0 atom stereocenters. The fourth-order valence-electron chi connectivity index (χ4n) is 6.97. The number of thiazole rings is 2. The number of aromatic amines is 2. The lowest BCUT2D eigenvalue weighted by molar-refractivity contribution is 0.340. The van der Waals surface area contributed by atoms with Gasteiger partial charge in [0.15, 0.2) is 11.6 Å². The summed E-state index contributed by atoms with van der Waals surface area (Å²) in [5.74, 6) is 2.46. The topological polar surface area (TPSA) is 200 Å². The molecule has 10 rings (SSSR count). The number of hydrogen-bond acceptors (Lipinski definition) is 16. The van der Waals surface area contributed by atoms with E-state index in [4.69, 9.17) is 9.97 Å². The average Bonchev–Trinajstić information content (AvgIpc) is 4.14. The number of nitrogens with one attached hydrogen (secondary N) is 5. The van der Waals surface area contributed by atoms with Gasteiger partial charge in [-0.1, -0.05) is 46.9 Å². The molecule has 2 aromatic carbocycles. The van der Waals surface area contributed by atoms with E-state index in [1.54, 1.807) is 47.2 Å². The number of halogens is 2. The van der Waals surface area contributed by atoms with E-state index in [1.165, 1.54) is 24.8 Å². The van der Waals surface area contributed by atoms with Crippen LogP contribution >= 0.6 is 22.7 Å². The van der Waals surface area contributed by atoms with Crippen LogP contribution in [0.25, 0.3) is 42.8 Å². The molecule has 0 bridgehead atoms. The highest BCUT2D eigenvalue weighted by molar-refractivity contribution is 7.18. The zero-order valence-corrected chi connectivity index (χ0v) is 36.9. The fraction of sp³-hybridized carbons (Fsp3) is 0.244. The van der Waals surface area contributed by atoms with Crippen LogP contribution in [0.5, 0.6) is 0 Å². The summed E-state index contributed by atoms with van der Waals surface area (Å²) in [5.41, 5.74) is 6.21. The quantitative estimate of drug-likeness (QED) is 0.0537. The summed E-state index contributed by atoms with van der Waals surface area (Å²) in [6.07, 6.45) is 9.42. The van der Waals surface area contributed by atoms with Crippen LogP contribution in [0, 0.1) is 11.6 Å². The first kappa shape index (κ1) is 43.3. The highest BCUT2D eigenvalue weighted by Crippen LogP contribution is 2.27. The largest absolute Gasteiger partial charge is 0.362 e. The van der Waals surface area contributed by atoms with E-state index in [-0.39, 0.29) is 24.7 Å². The maximum atomic E-state index is 13.9. The molecule has 0 unspecified atom stereocenters. The number of likely N-dealkylation sites (N-methyl/N-ethyl adjacent to an activating group) is 1. The predicted molar refractivity (Wildman–Crippen MR) is 251 cm³/mol. The number of benzene rings is 2. The smallest absolute Gasteiger partial charge is 0.157 e. The zero-order valence-electron chi connectivity index (χ0n) is 35.3. The number of aromatic nitrogens is 12. The van der Waals surface area contributed by atoms with Crippen molar-refractivity contribution in [3.8, 4) is 0 Å². The van der Waals surface area contributed by atoms with Gasteiger partial charge >= 0.3 is 0 Å². The SMILES string of the molecule is CN(CCc1nc2ccccc2[nH]1)CCc1nc2c(NCc3ncccc3F)ncnc2s1.Fc1cccnc1CNc1ncnc2sc(CCNCCc3nc4ccccc4[nH]3)nc12. The molecule has 0 aliphatic carbocycles. The van der Waals surface area contributed by atoms with Crippen LogP contribution in [-0.2, 0) is 38.8 Å². The van der Waals surface area contributed by atoms with Gasteiger partial charge in [0.1, 0.15) is 56.6 Å². The number of hydrogen-bond donors (Lipinski definition) is 5. The molecule has 0 spiro atoms. The second-order valence-corrected chi connectivity index (χ2v) is 17.1. The summed E-state index contributed by atoms with van der Waals surface area (Å²) >= 11 is 3.10. The van der Waals surface area contributed by atoms with Crippen molar-refractivity contribution < 1.29 is 8.78 Å². The van der Waals surface area contributed by atoms with Gasteiger partial charge in [-0.15, -0.1) is 0 Å². The number of para-hydroxylation sites is 4. The number of anilines is 2. The van der Waals surface area contributed by atoms with Crippen LogP contribution in [-0.4, -0.2) is 97.9 Å². The first-order valence-corrected chi connectivity index (χ1v) is 22.7. The highest BCUT2D eigenvalue weighted by Gasteiger charge is 2.14. The van der Waals surface area contributed by atoms with E-state index < -0.39 is 0 Å². The standard InChI is InChI=1S/C23H23FN8S.C22H21FN8S/c1-32(11-8-19-29-16-6-2-3-7-17(16)30-19)12-9-20-31-21-22(27-14-28-23(21)33-20)26-13-18-15(24)5-4-10-25-18;23-14-4-3-9-25-17(14)12-26-21-20-22(28-13-27-21)32-19(31-20)8-11-24-10-7-18-29-15-5-1-2-6-16(15)30-18/h2-7,10,14H,8-9,11-13H2,1H3,(H,29,30)(H,26,27,28);1-6,9,13,24H,7-8,10-12H2,(H,29,30)(H,26,27,28). The molecule has 5 N–H and O–H groups in total. The Morgan fingerprint density at radius 1 is 0.554 bits per heavy atom. The van der Waals surface area contributed by atoms with E-state index in [0.717, 1.165) is 105 Å². The van der Waals surface area contributed by atoms with Crippen molar-refractivity contribution in [2.45, 2.75) is 38.8 Å². The molecule has 0 radical (unpaired) electrons. The lowest BCUT2D eigenvalue weighted by Gasteiger charge is -2.14.